The van der Waals surface area contributed by atoms with Gasteiger partial charge in [0.15, 0.2) is 17.9 Å². The lowest BCUT2D eigenvalue weighted by atomic mass is 9.72. The number of benzene rings is 2. The molecule has 1 aliphatic heterocycles. The van der Waals surface area contributed by atoms with Crippen LogP contribution >= 0.6 is 0 Å². The SMILES string of the molecule is COc1cccc2c1C(=O)c1c(O)c3c(c(O)c1C2=O)C[C@@](O)(C(=O)CO)C[C@@H]3O[C@H]1C[C@H](NC(=O)OC2/C=C/CCC(C)(C)CC2)[C@H](C)[C@H](C)O1. The number of phenols is 2. The number of aromatic hydroxyl groups is 2. The van der Waals surface area contributed by atoms with E-state index in [0.717, 1.165) is 19.3 Å². The average Bonchev–Trinajstić information content (AvgIpc) is 3.09. The van der Waals surface area contributed by atoms with Crippen LogP contribution in [0.15, 0.2) is 30.4 Å². The Morgan fingerprint density at radius 3 is 2.48 bits per heavy atom. The van der Waals surface area contributed by atoms with Gasteiger partial charge >= 0.3 is 6.09 Å². The van der Waals surface area contributed by atoms with Crippen molar-refractivity contribution in [3.8, 4) is 17.2 Å². The van der Waals surface area contributed by atoms with E-state index in [1.807, 2.05) is 19.1 Å². The Kier molecular flexibility index (Phi) is 10.3. The number of nitrogens with one attached hydrogen (secondary N) is 1. The third kappa shape index (κ3) is 6.82. The Bertz CT molecular complexity index is 1820. The van der Waals surface area contributed by atoms with Gasteiger partial charge in [-0.1, -0.05) is 39.0 Å². The Morgan fingerprint density at radius 1 is 1.04 bits per heavy atom. The minimum atomic E-state index is -2.28. The van der Waals surface area contributed by atoms with E-state index in [0.29, 0.717) is 6.42 Å². The number of carbonyl (C=O) groups is 4. The number of aliphatic hydroxyl groups is 2. The van der Waals surface area contributed by atoms with E-state index in [9.17, 15) is 39.6 Å². The standard InChI is InChI=1S/C39H47NO12/c1-19-20(2)50-28(15-24(19)40-37(47)51-21-9-6-7-13-38(3,4)14-12-21)52-26-17-39(48,27(42)18-41)16-23-30(26)36(46)32-31(34(23)44)33(43)22-10-8-11-25(49-5)29(22)35(32)45/h6,8-11,19-21,24,26,28,41,44,46,48H,7,12-18H2,1-5H3,(H,40,47)/b9-6+/t19-,20+,21?,24+,26+,28+,39+/m1/s1. The summed E-state index contributed by atoms with van der Waals surface area (Å²) in [6.45, 7) is 7.07. The van der Waals surface area contributed by atoms with E-state index in [1.54, 1.807) is 6.92 Å². The highest BCUT2D eigenvalue weighted by molar-refractivity contribution is 6.31. The molecule has 1 unspecified atom stereocenters. The highest BCUT2D eigenvalue weighted by Gasteiger charge is 2.50. The molecule has 280 valence electrons. The molecule has 2 aromatic rings. The Labute approximate surface area is 301 Å². The number of ketones is 3. The maximum absolute atomic E-state index is 13.9. The van der Waals surface area contributed by atoms with Crippen LogP contribution in [0.3, 0.4) is 0 Å². The van der Waals surface area contributed by atoms with Crippen molar-refractivity contribution in [1.82, 2.24) is 5.32 Å². The molecule has 0 spiro atoms. The van der Waals surface area contributed by atoms with E-state index in [1.165, 1.54) is 25.3 Å². The van der Waals surface area contributed by atoms with Gasteiger partial charge in [0.05, 0.1) is 36.0 Å². The van der Waals surface area contributed by atoms with Gasteiger partial charge in [-0.25, -0.2) is 4.79 Å². The molecule has 6 rings (SSSR count). The largest absolute Gasteiger partial charge is 0.507 e. The summed E-state index contributed by atoms with van der Waals surface area (Å²) < 4.78 is 23.7. The number of fused-ring (bicyclic) bond motifs is 3. The molecule has 7 atom stereocenters. The van der Waals surface area contributed by atoms with Gasteiger partial charge in [-0.2, -0.15) is 0 Å². The van der Waals surface area contributed by atoms with Crippen LogP contribution in [0.5, 0.6) is 17.2 Å². The van der Waals surface area contributed by atoms with Crippen molar-refractivity contribution >= 4 is 23.4 Å². The predicted molar refractivity (Wildman–Crippen MR) is 186 cm³/mol. The summed E-state index contributed by atoms with van der Waals surface area (Å²) in [4.78, 5) is 53.8. The summed E-state index contributed by atoms with van der Waals surface area (Å²) in [5.74, 6) is -3.96. The van der Waals surface area contributed by atoms with Crippen LogP contribution in [-0.4, -0.2) is 87.7 Å². The number of phenolic OH excluding ortho intramolecular Hbond substituents is 2. The van der Waals surface area contributed by atoms with Crippen LogP contribution < -0.4 is 10.1 Å². The number of alkyl carbamates (subject to hydrolysis) is 1. The number of aliphatic hydroxyl groups excluding tert-OH is 1. The Morgan fingerprint density at radius 2 is 1.77 bits per heavy atom. The van der Waals surface area contributed by atoms with Gasteiger partial charge in [-0.05, 0) is 50.2 Å². The maximum atomic E-state index is 13.9. The van der Waals surface area contributed by atoms with Crippen molar-refractivity contribution in [2.45, 2.75) is 109 Å². The van der Waals surface area contributed by atoms with Crippen molar-refractivity contribution in [2.75, 3.05) is 13.7 Å². The first kappa shape index (κ1) is 37.5. The van der Waals surface area contributed by atoms with Crippen LogP contribution in [0.4, 0.5) is 4.79 Å². The van der Waals surface area contributed by atoms with Crippen LogP contribution in [0.1, 0.15) is 115 Å². The number of hydrogen-bond acceptors (Lipinski definition) is 12. The fourth-order valence-corrected chi connectivity index (χ4v) is 7.92. The lowest BCUT2D eigenvalue weighted by Crippen LogP contribution is -2.52. The predicted octanol–water partition coefficient (Wildman–Crippen LogP) is 4.57. The van der Waals surface area contributed by atoms with Gasteiger partial charge in [-0.15, -0.1) is 0 Å². The zero-order valence-corrected chi connectivity index (χ0v) is 30.1. The molecular formula is C39H47NO12. The molecule has 1 amide bonds. The van der Waals surface area contributed by atoms with Gasteiger partial charge in [0.2, 0.25) is 5.78 Å². The molecule has 5 N–H and O–H groups in total. The smallest absolute Gasteiger partial charge is 0.407 e. The third-order valence-corrected chi connectivity index (χ3v) is 11.2. The molecule has 1 heterocycles. The first-order valence-corrected chi connectivity index (χ1v) is 17.8. The molecule has 52 heavy (non-hydrogen) atoms. The maximum Gasteiger partial charge on any atom is 0.407 e. The topological polar surface area (TPSA) is 198 Å². The molecule has 0 radical (unpaired) electrons. The summed E-state index contributed by atoms with van der Waals surface area (Å²) >= 11 is 0. The molecule has 0 saturated carbocycles. The number of Topliss-reactive ketones (excluding diaryl/α,β-unsaturated/α-hetero) is 1. The highest BCUT2D eigenvalue weighted by Crippen LogP contribution is 2.52. The zero-order chi connectivity index (χ0) is 37.7. The van der Waals surface area contributed by atoms with Gasteiger partial charge in [0, 0.05) is 47.9 Å². The number of carbonyl (C=O) groups excluding carboxylic acids is 4. The van der Waals surface area contributed by atoms with Crippen molar-refractivity contribution in [3.05, 3.63) is 63.7 Å². The van der Waals surface area contributed by atoms with Gasteiger partial charge in [0.25, 0.3) is 0 Å². The number of hydrogen-bond donors (Lipinski definition) is 5. The first-order chi connectivity index (χ1) is 24.6. The molecule has 2 aromatic carbocycles. The second-order valence-electron chi connectivity index (χ2n) is 15.2. The highest BCUT2D eigenvalue weighted by atomic mass is 16.7. The van der Waals surface area contributed by atoms with Crippen molar-refractivity contribution in [3.63, 3.8) is 0 Å². The molecule has 1 fully saturated rings. The van der Waals surface area contributed by atoms with Crippen molar-refractivity contribution in [2.24, 2.45) is 11.3 Å². The molecule has 3 aliphatic carbocycles. The number of rotatable bonds is 7. The number of methoxy groups -OCH3 is 1. The van der Waals surface area contributed by atoms with Crippen LogP contribution in [0, 0.1) is 11.3 Å². The van der Waals surface area contributed by atoms with Gasteiger partial charge < -0.3 is 44.7 Å². The van der Waals surface area contributed by atoms with E-state index >= 15 is 0 Å². The molecular weight excluding hydrogens is 674 g/mol. The van der Waals surface area contributed by atoms with Crippen LogP contribution in [-0.2, 0) is 25.4 Å². The average molecular weight is 722 g/mol. The normalized spacial score (nSPS) is 30.1. The summed E-state index contributed by atoms with van der Waals surface area (Å²) in [5.41, 5.74) is -3.53. The third-order valence-electron chi connectivity index (χ3n) is 11.2. The van der Waals surface area contributed by atoms with E-state index in [-0.39, 0.29) is 51.9 Å². The summed E-state index contributed by atoms with van der Waals surface area (Å²) in [5, 5.41) is 47.7. The fourth-order valence-electron chi connectivity index (χ4n) is 7.92. The van der Waals surface area contributed by atoms with Crippen LogP contribution in [0.25, 0.3) is 0 Å². The Balaban J connectivity index is 1.31. The first-order valence-electron chi connectivity index (χ1n) is 17.8. The molecule has 4 aliphatic rings. The van der Waals surface area contributed by atoms with Crippen LogP contribution in [0.2, 0.25) is 0 Å². The minimum Gasteiger partial charge on any atom is -0.507 e. The van der Waals surface area contributed by atoms with E-state index in [4.69, 9.17) is 18.9 Å². The number of allylic oxidation sites excluding steroid dienone is 1. The van der Waals surface area contributed by atoms with Crippen molar-refractivity contribution in [1.29, 1.82) is 0 Å². The number of amides is 1. The summed E-state index contributed by atoms with van der Waals surface area (Å²) in [6.07, 6.45) is 2.64. The fraction of sp³-hybridized carbons (Fsp3) is 0.538. The van der Waals surface area contributed by atoms with Crippen molar-refractivity contribution < 1.29 is 58.6 Å². The lowest BCUT2D eigenvalue weighted by Gasteiger charge is -2.43. The summed E-state index contributed by atoms with van der Waals surface area (Å²) in [6, 6.07) is 3.90. The molecule has 13 heteroatoms. The van der Waals surface area contributed by atoms with Gasteiger partial charge in [0.1, 0.15) is 35.6 Å². The summed E-state index contributed by atoms with van der Waals surface area (Å²) in [7, 11) is 1.33. The molecule has 0 bridgehead atoms. The van der Waals surface area contributed by atoms with Gasteiger partial charge in [-0.3, -0.25) is 14.4 Å². The lowest BCUT2D eigenvalue weighted by molar-refractivity contribution is -0.238. The minimum absolute atomic E-state index is 0.0537. The molecule has 0 aromatic heterocycles. The molecule has 13 nitrogen and oxygen atoms in total. The van der Waals surface area contributed by atoms with E-state index < -0.39 is 95.7 Å². The molecule has 1 saturated heterocycles. The monoisotopic (exact) mass is 721 g/mol. The second-order valence-corrected chi connectivity index (χ2v) is 15.2. The quantitative estimate of drug-likeness (QED) is 0.169. The Hall–Kier alpha value is -4.30. The number of ether oxygens (including phenoxy) is 4. The zero-order valence-electron chi connectivity index (χ0n) is 30.1. The van der Waals surface area contributed by atoms with E-state index in [2.05, 4.69) is 19.2 Å². The second kappa shape index (κ2) is 14.3.